The number of amides is 2. The maximum absolute atomic E-state index is 12.9. The van der Waals surface area contributed by atoms with Gasteiger partial charge in [-0.3, -0.25) is 19.7 Å². The molecule has 0 saturated heterocycles. The number of carbonyl (C=O) groups excluding carboxylic acids is 2. The molecule has 0 aliphatic rings. The Morgan fingerprint density at radius 1 is 0.889 bits per heavy atom. The Kier molecular flexibility index (Phi) is 9.86. The Morgan fingerprint density at radius 3 is 2.11 bits per heavy atom. The van der Waals surface area contributed by atoms with Crippen LogP contribution >= 0.6 is 11.8 Å². The lowest BCUT2D eigenvalue weighted by atomic mass is 10.0. The van der Waals surface area contributed by atoms with Gasteiger partial charge in [-0.25, -0.2) is 5.43 Å². The molecule has 1 aromatic heterocycles. The van der Waals surface area contributed by atoms with E-state index in [2.05, 4.69) is 20.4 Å². The summed E-state index contributed by atoms with van der Waals surface area (Å²) in [5.41, 5.74) is 7.81. The molecule has 5 aromatic rings. The third-order valence-corrected chi connectivity index (χ3v) is 8.19. The van der Waals surface area contributed by atoms with E-state index in [1.807, 2.05) is 80.6 Å². The molecule has 1 atom stereocenters. The van der Waals surface area contributed by atoms with Gasteiger partial charge >= 0.3 is 0 Å². The number of hydrazone groups is 1. The molecular formula is C35H31N5O4S. The Hall–Kier alpha value is -5.48. The van der Waals surface area contributed by atoms with Gasteiger partial charge in [0.1, 0.15) is 0 Å². The number of rotatable bonds is 11. The topological polar surface area (TPSA) is 119 Å². The Morgan fingerprint density at radius 2 is 1.49 bits per heavy atom. The van der Waals surface area contributed by atoms with Crippen LogP contribution < -0.4 is 10.7 Å². The quantitative estimate of drug-likeness (QED) is 0.0926. The van der Waals surface area contributed by atoms with Crippen LogP contribution in [0.25, 0.3) is 5.69 Å². The van der Waals surface area contributed by atoms with E-state index in [0.29, 0.717) is 5.56 Å². The van der Waals surface area contributed by atoms with Gasteiger partial charge in [0, 0.05) is 50.1 Å². The summed E-state index contributed by atoms with van der Waals surface area (Å²) >= 11 is 1.53. The van der Waals surface area contributed by atoms with Gasteiger partial charge in [0.15, 0.2) is 0 Å². The van der Waals surface area contributed by atoms with E-state index in [9.17, 15) is 19.7 Å². The van der Waals surface area contributed by atoms with Crippen LogP contribution in [0.1, 0.15) is 45.3 Å². The number of hydrogen-bond donors (Lipinski definition) is 2. The van der Waals surface area contributed by atoms with Crippen LogP contribution in [0.4, 0.5) is 5.69 Å². The normalized spacial score (nSPS) is 11.7. The van der Waals surface area contributed by atoms with Crippen molar-refractivity contribution in [1.82, 2.24) is 15.3 Å². The molecule has 0 saturated carbocycles. The highest BCUT2D eigenvalue weighted by Gasteiger charge is 2.19. The maximum Gasteiger partial charge on any atom is 0.269 e. The Labute approximate surface area is 265 Å². The lowest BCUT2D eigenvalue weighted by molar-refractivity contribution is -0.384. The predicted octanol–water partition coefficient (Wildman–Crippen LogP) is 7.17. The third-order valence-electron chi connectivity index (χ3n) is 7.17. The second kappa shape index (κ2) is 14.3. The second-order valence-corrected chi connectivity index (χ2v) is 11.5. The fraction of sp³-hybridized carbons (Fsp3) is 0.114. The van der Waals surface area contributed by atoms with Crippen molar-refractivity contribution in [3.63, 3.8) is 0 Å². The van der Waals surface area contributed by atoms with E-state index in [1.54, 1.807) is 42.6 Å². The molecular weight excluding hydrogens is 586 g/mol. The number of aryl methyl sites for hydroxylation is 1. The third kappa shape index (κ3) is 7.92. The van der Waals surface area contributed by atoms with E-state index >= 15 is 0 Å². The van der Waals surface area contributed by atoms with E-state index in [-0.39, 0.29) is 23.9 Å². The van der Waals surface area contributed by atoms with Crippen LogP contribution in [0.2, 0.25) is 0 Å². The van der Waals surface area contributed by atoms with Crippen molar-refractivity contribution in [3.05, 3.63) is 153 Å². The average Bonchev–Trinajstić information content (AvgIpc) is 3.34. The van der Waals surface area contributed by atoms with Gasteiger partial charge < -0.3 is 9.88 Å². The van der Waals surface area contributed by atoms with Crippen molar-refractivity contribution < 1.29 is 14.5 Å². The lowest BCUT2D eigenvalue weighted by Crippen LogP contribution is -2.32. The number of nitro groups is 1. The maximum atomic E-state index is 12.9. The smallest absolute Gasteiger partial charge is 0.269 e. The van der Waals surface area contributed by atoms with Crippen molar-refractivity contribution in [3.8, 4) is 5.69 Å². The van der Waals surface area contributed by atoms with Crippen LogP contribution in [0, 0.1) is 24.0 Å². The SMILES string of the molecule is Cc1cc(/C=N\NC(=O)C[C@H](NC(=O)c2ccccc2)c2ccccc2)c(C)n1-c1ccc(Sc2ccc([N+](=O)[O-])cc2)cc1. The molecule has 0 aliphatic heterocycles. The molecule has 1 heterocycles. The van der Waals surface area contributed by atoms with E-state index in [0.717, 1.165) is 38.0 Å². The van der Waals surface area contributed by atoms with Gasteiger partial charge in [-0.05, 0) is 74.0 Å². The summed E-state index contributed by atoms with van der Waals surface area (Å²) < 4.78 is 2.11. The first kappa shape index (κ1) is 31.0. The fourth-order valence-electron chi connectivity index (χ4n) is 4.92. The molecule has 10 heteroatoms. The highest BCUT2D eigenvalue weighted by atomic mass is 32.2. The van der Waals surface area contributed by atoms with Crippen LogP contribution in [0.5, 0.6) is 0 Å². The molecule has 0 bridgehead atoms. The van der Waals surface area contributed by atoms with Crippen LogP contribution in [0.15, 0.2) is 130 Å². The Balaban J connectivity index is 1.23. The summed E-state index contributed by atoms with van der Waals surface area (Å²) in [6.45, 7) is 3.99. The van der Waals surface area contributed by atoms with Gasteiger partial charge in [0.25, 0.3) is 11.6 Å². The zero-order valence-electron chi connectivity index (χ0n) is 24.7. The van der Waals surface area contributed by atoms with E-state index < -0.39 is 11.0 Å². The number of non-ortho nitro benzene ring substituents is 1. The van der Waals surface area contributed by atoms with Gasteiger partial charge in [0.05, 0.1) is 23.6 Å². The first-order chi connectivity index (χ1) is 21.8. The largest absolute Gasteiger partial charge is 0.345 e. The van der Waals surface area contributed by atoms with Crippen LogP contribution in [0.3, 0.4) is 0 Å². The summed E-state index contributed by atoms with van der Waals surface area (Å²) in [5, 5.41) is 18.1. The summed E-state index contributed by atoms with van der Waals surface area (Å²) in [6.07, 6.45) is 1.64. The van der Waals surface area contributed by atoms with Crippen LogP contribution in [-0.4, -0.2) is 27.5 Å². The highest BCUT2D eigenvalue weighted by Crippen LogP contribution is 2.30. The summed E-state index contributed by atoms with van der Waals surface area (Å²) in [6, 6.07) is 34.3. The van der Waals surface area contributed by atoms with Crippen molar-refractivity contribution in [1.29, 1.82) is 0 Å². The first-order valence-corrected chi connectivity index (χ1v) is 15.0. The second-order valence-electron chi connectivity index (χ2n) is 10.3. The number of nitrogens with one attached hydrogen (secondary N) is 2. The number of nitro benzene ring substituents is 1. The average molecular weight is 618 g/mol. The summed E-state index contributed by atoms with van der Waals surface area (Å²) in [4.78, 5) is 38.2. The lowest BCUT2D eigenvalue weighted by Gasteiger charge is -2.18. The van der Waals surface area contributed by atoms with Gasteiger partial charge in [0.2, 0.25) is 5.91 Å². The molecule has 0 aliphatic carbocycles. The molecule has 9 nitrogen and oxygen atoms in total. The van der Waals surface area contributed by atoms with Crippen molar-refractivity contribution in [2.24, 2.45) is 5.10 Å². The molecule has 226 valence electrons. The standard InChI is InChI=1S/C35H31N5O4S/c1-24-21-28(25(2)39(24)29-13-17-31(18-14-29)45-32-19-15-30(16-20-32)40(43)44)23-36-38-34(41)22-33(26-9-5-3-6-10-26)37-35(42)27-11-7-4-8-12-27/h3-21,23,33H,22H2,1-2H3,(H,37,42)(H,38,41)/b36-23-/t33-/m0/s1. The number of benzene rings is 4. The van der Waals surface area contributed by atoms with E-state index in [1.165, 1.54) is 23.9 Å². The van der Waals surface area contributed by atoms with Gasteiger partial charge in [-0.1, -0.05) is 60.3 Å². The molecule has 45 heavy (non-hydrogen) atoms. The number of hydrogen-bond acceptors (Lipinski definition) is 6. The number of carbonyl (C=O) groups is 2. The molecule has 0 unspecified atom stereocenters. The molecule has 2 amide bonds. The molecule has 0 radical (unpaired) electrons. The monoisotopic (exact) mass is 617 g/mol. The van der Waals surface area contributed by atoms with E-state index in [4.69, 9.17) is 0 Å². The highest BCUT2D eigenvalue weighted by molar-refractivity contribution is 7.99. The minimum absolute atomic E-state index is 0.0170. The molecule has 0 spiro atoms. The minimum atomic E-state index is -0.527. The van der Waals surface area contributed by atoms with Crippen LogP contribution in [-0.2, 0) is 4.79 Å². The number of nitrogens with zero attached hydrogens (tertiary/aromatic N) is 3. The molecule has 2 N–H and O–H groups in total. The van der Waals surface area contributed by atoms with Crippen molar-refractivity contribution in [2.75, 3.05) is 0 Å². The minimum Gasteiger partial charge on any atom is -0.345 e. The predicted molar refractivity (Wildman–Crippen MR) is 176 cm³/mol. The zero-order chi connectivity index (χ0) is 31.8. The van der Waals surface area contributed by atoms with Crippen molar-refractivity contribution in [2.45, 2.75) is 36.1 Å². The first-order valence-electron chi connectivity index (χ1n) is 14.2. The number of aromatic nitrogens is 1. The molecule has 0 fully saturated rings. The van der Waals surface area contributed by atoms with Gasteiger partial charge in [-0.15, -0.1) is 0 Å². The molecule has 5 rings (SSSR count). The Bertz CT molecular complexity index is 1820. The van der Waals surface area contributed by atoms with Crippen molar-refractivity contribution >= 4 is 35.5 Å². The fourth-order valence-corrected chi connectivity index (χ4v) is 5.74. The molecule has 4 aromatic carbocycles. The summed E-state index contributed by atoms with van der Waals surface area (Å²) in [7, 11) is 0. The van der Waals surface area contributed by atoms with Gasteiger partial charge in [-0.2, -0.15) is 5.10 Å². The summed E-state index contributed by atoms with van der Waals surface area (Å²) in [5.74, 6) is -0.588. The zero-order valence-corrected chi connectivity index (χ0v) is 25.5.